The second-order valence-electron chi connectivity index (χ2n) is 9.89. The molecule has 2 heterocycles. The minimum atomic E-state index is -0.605. The Morgan fingerprint density at radius 1 is 1.08 bits per heavy atom. The van der Waals surface area contributed by atoms with Crippen molar-refractivity contribution in [2.75, 3.05) is 30.8 Å². The first kappa shape index (κ1) is 24.8. The van der Waals surface area contributed by atoms with Gasteiger partial charge in [0.15, 0.2) is 0 Å². The van der Waals surface area contributed by atoms with Gasteiger partial charge in [0.2, 0.25) is 0 Å². The zero-order valence-corrected chi connectivity index (χ0v) is 21.4. The van der Waals surface area contributed by atoms with Crippen LogP contribution in [0.15, 0.2) is 75.5 Å². The number of piperidine rings is 1. The molecule has 1 saturated heterocycles. The van der Waals surface area contributed by atoms with E-state index in [-0.39, 0.29) is 11.8 Å². The van der Waals surface area contributed by atoms with Crippen LogP contribution in [0.2, 0.25) is 0 Å². The highest BCUT2D eigenvalue weighted by Gasteiger charge is 2.20. The summed E-state index contributed by atoms with van der Waals surface area (Å²) in [7, 11) is 2.11. The molecule has 3 aromatic rings. The van der Waals surface area contributed by atoms with Crippen molar-refractivity contribution in [3.63, 3.8) is 0 Å². The summed E-state index contributed by atoms with van der Waals surface area (Å²) in [5, 5.41) is 6.13. The molecule has 1 aromatic heterocycles. The van der Waals surface area contributed by atoms with E-state index in [1.54, 1.807) is 6.07 Å². The SMILES string of the molecule is Cc1c(OC2CCN(C)CC2)ccc2cc(NC(=O)Nc3ccc(CC4=CCCC=C4)cc3)c(=O)oc12. The van der Waals surface area contributed by atoms with Crippen LogP contribution < -0.4 is 21.0 Å². The molecule has 0 atom stereocenters. The molecule has 0 unspecified atom stereocenters. The molecule has 37 heavy (non-hydrogen) atoms. The zero-order chi connectivity index (χ0) is 25.8. The van der Waals surface area contributed by atoms with Gasteiger partial charge >= 0.3 is 11.7 Å². The van der Waals surface area contributed by atoms with Crippen LogP contribution in [0.1, 0.15) is 36.8 Å². The lowest BCUT2D eigenvalue weighted by Gasteiger charge is -2.29. The topological polar surface area (TPSA) is 83.8 Å². The Balaban J connectivity index is 1.23. The minimum absolute atomic E-state index is 0.0843. The molecule has 0 spiro atoms. The molecule has 0 radical (unpaired) electrons. The van der Waals surface area contributed by atoms with E-state index in [1.165, 1.54) is 11.1 Å². The number of hydrogen-bond acceptors (Lipinski definition) is 5. The summed E-state index contributed by atoms with van der Waals surface area (Å²) < 4.78 is 11.8. The molecule has 2 N–H and O–H groups in total. The zero-order valence-electron chi connectivity index (χ0n) is 21.4. The van der Waals surface area contributed by atoms with Gasteiger partial charge in [-0.15, -0.1) is 0 Å². The second-order valence-corrected chi connectivity index (χ2v) is 9.89. The van der Waals surface area contributed by atoms with E-state index in [2.05, 4.69) is 40.8 Å². The van der Waals surface area contributed by atoms with Crippen LogP contribution in [0.5, 0.6) is 5.75 Å². The summed E-state index contributed by atoms with van der Waals surface area (Å²) in [5.74, 6) is 0.725. The molecule has 2 amide bonds. The van der Waals surface area contributed by atoms with E-state index in [9.17, 15) is 9.59 Å². The molecule has 0 saturated carbocycles. The van der Waals surface area contributed by atoms with Gasteiger partial charge in [-0.1, -0.05) is 30.4 Å². The van der Waals surface area contributed by atoms with Crippen LogP contribution in [0, 0.1) is 6.92 Å². The van der Waals surface area contributed by atoms with Gasteiger partial charge in [-0.3, -0.25) is 0 Å². The highest BCUT2D eigenvalue weighted by atomic mass is 16.5. The third-order valence-electron chi connectivity index (χ3n) is 7.00. The lowest BCUT2D eigenvalue weighted by Crippen LogP contribution is -2.35. The molecule has 192 valence electrons. The van der Waals surface area contributed by atoms with Gasteiger partial charge in [0, 0.05) is 29.7 Å². The Hall–Kier alpha value is -3.84. The molecule has 2 aliphatic rings. The van der Waals surface area contributed by atoms with E-state index in [4.69, 9.17) is 9.15 Å². The van der Waals surface area contributed by atoms with Crippen LogP contribution in [-0.4, -0.2) is 37.2 Å². The lowest BCUT2D eigenvalue weighted by molar-refractivity contribution is 0.113. The van der Waals surface area contributed by atoms with Gasteiger partial charge < -0.3 is 24.7 Å². The average molecular weight is 500 g/mol. The Kier molecular flexibility index (Phi) is 7.42. The maximum absolute atomic E-state index is 12.7. The van der Waals surface area contributed by atoms with Gasteiger partial charge in [0.25, 0.3) is 0 Å². The lowest BCUT2D eigenvalue weighted by atomic mass is 10.00. The Morgan fingerprint density at radius 3 is 2.59 bits per heavy atom. The van der Waals surface area contributed by atoms with Gasteiger partial charge in [-0.2, -0.15) is 0 Å². The number of hydrogen-bond donors (Lipinski definition) is 2. The summed E-state index contributed by atoms with van der Waals surface area (Å²) in [6.45, 7) is 3.90. The van der Waals surface area contributed by atoms with Crippen molar-refractivity contribution in [3.05, 3.63) is 87.8 Å². The summed E-state index contributed by atoms with van der Waals surface area (Å²) in [6, 6.07) is 12.6. The summed E-state index contributed by atoms with van der Waals surface area (Å²) in [5.41, 5.74) is 3.86. The van der Waals surface area contributed by atoms with E-state index in [0.29, 0.717) is 11.3 Å². The third kappa shape index (κ3) is 6.12. The molecule has 0 bridgehead atoms. The summed E-state index contributed by atoms with van der Waals surface area (Å²) in [6.07, 6.45) is 11.8. The highest BCUT2D eigenvalue weighted by Crippen LogP contribution is 2.30. The number of carbonyl (C=O) groups is 1. The van der Waals surface area contributed by atoms with Crippen LogP contribution in [0.4, 0.5) is 16.2 Å². The van der Waals surface area contributed by atoms with Gasteiger partial charge in [0.1, 0.15) is 23.1 Å². The molecule has 1 fully saturated rings. The fourth-order valence-electron chi connectivity index (χ4n) is 4.83. The van der Waals surface area contributed by atoms with Crippen molar-refractivity contribution in [1.82, 2.24) is 4.90 Å². The Bertz CT molecular complexity index is 1400. The van der Waals surface area contributed by atoms with Crippen molar-refractivity contribution in [3.8, 4) is 5.75 Å². The van der Waals surface area contributed by atoms with Gasteiger partial charge in [0.05, 0.1) is 0 Å². The summed E-state index contributed by atoms with van der Waals surface area (Å²) in [4.78, 5) is 27.6. The molecule has 1 aliphatic heterocycles. The van der Waals surface area contributed by atoms with E-state index in [0.717, 1.165) is 61.9 Å². The number of carbonyl (C=O) groups excluding carboxylic acids is 1. The number of nitrogens with zero attached hydrogens (tertiary/aromatic N) is 1. The molecule has 1 aliphatic carbocycles. The smallest absolute Gasteiger partial charge is 0.360 e. The van der Waals surface area contributed by atoms with E-state index in [1.807, 2.05) is 43.3 Å². The standard InChI is InChI=1S/C30H33N3O4/c1-20-27(36-25-14-16-33(2)17-15-25)13-10-23-19-26(29(34)37-28(20)23)32-30(35)31-24-11-8-22(9-12-24)18-21-6-4-3-5-7-21/h4,6-13,19,25H,3,5,14-18H2,1-2H3,(H2,31,32,35). The fraction of sp³-hybridized carbons (Fsp3) is 0.333. The van der Waals surface area contributed by atoms with E-state index >= 15 is 0 Å². The quantitative estimate of drug-likeness (QED) is 0.404. The van der Waals surface area contributed by atoms with Crippen LogP contribution >= 0.6 is 0 Å². The molecule has 7 nitrogen and oxygen atoms in total. The first-order valence-corrected chi connectivity index (χ1v) is 12.9. The largest absolute Gasteiger partial charge is 0.490 e. The van der Waals surface area contributed by atoms with Crippen molar-refractivity contribution < 1.29 is 13.9 Å². The van der Waals surface area contributed by atoms with Crippen LogP contribution in [-0.2, 0) is 6.42 Å². The predicted octanol–water partition coefficient (Wildman–Crippen LogP) is 6.04. The molecule has 2 aromatic carbocycles. The number of fused-ring (bicyclic) bond motifs is 1. The second kappa shape index (κ2) is 11.0. The van der Waals surface area contributed by atoms with Crippen molar-refractivity contribution >= 4 is 28.4 Å². The number of rotatable bonds is 6. The first-order chi connectivity index (χ1) is 17.9. The fourth-order valence-corrected chi connectivity index (χ4v) is 4.83. The van der Waals surface area contributed by atoms with Gasteiger partial charge in [-0.25, -0.2) is 9.59 Å². The number of benzene rings is 2. The number of nitrogens with one attached hydrogen (secondary N) is 2. The van der Waals surface area contributed by atoms with Crippen molar-refractivity contribution in [2.45, 2.75) is 45.1 Å². The molecule has 5 rings (SSSR count). The number of likely N-dealkylation sites (tertiary alicyclic amines) is 1. The number of anilines is 2. The third-order valence-corrected chi connectivity index (χ3v) is 7.00. The maximum Gasteiger partial charge on any atom is 0.360 e. The number of amides is 2. The highest BCUT2D eigenvalue weighted by molar-refractivity contribution is 6.00. The first-order valence-electron chi connectivity index (χ1n) is 12.9. The Labute approximate surface area is 216 Å². The van der Waals surface area contributed by atoms with Crippen molar-refractivity contribution in [1.29, 1.82) is 0 Å². The monoisotopic (exact) mass is 499 g/mol. The minimum Gasteiger partial charge on any atom is -0.490 e. The molecular formula is C30H33N3O4. The number of aryl methyl sites for hydroxylation is 1. The average Bonchev–Trinajstić information content (AvgIpc) is 2.90. The van der Waals surface area contributed by atoms with Gasteiger partial charge in [-0.05, 0) is 87.5 Å². The molecule has 7 heteroatoms. The normalized spacial score (nSPS) is 16.4. The summed E-state index contributed by atoms with van der Waals surface area (Å²) >= 11 is 0. The van der Waals surface area contributed by atoms with Crippen molar-refractivity contribution in [2.24, 2.45) is 0 Å². The van der Waals surface area contributed by atoms with E-state index < -0.39 is 11.7 Å². The number of ether oxygens (including phenoxy) is 1. The Morgan fingerprint density at radius 2 is 1.86 bits per heavy atom. The predicted molar refractivity (Wildman–Crippen MR) is 148 cm³/mol. The number of urea groups is 1. The van der Waals surface area contributed by atoms with Crippen LogP contribution in [0.25, 0.3) is 11.0 Å². The maximum atomic E-state index is 12.7. The van der Waals surface area contributed by atoms with Crippen LogP contribution in [0.3, 0.4) is 0 Å². The molecular weight excluding hydrogens is 466 g/mol. The number of allylic oxidation sites excluding steroid dienone is 4.